The molecular formula is C15H14BrF2NO. The van der Waals surface area contributed by atoms with Crippen LogP contribution < -0.4 is 10.1 Å². The minimum atomic E-state index is -0.866. The molecule has 0 saturated carbocycles. The van der Waals surface area contributed by atoms with Crippen molar-refractivity contribution in [2.45, 2.75) is 13.2 Å². The van der Waals surface area contributed by atoms with Crippen LogP contribution in [0.1, 0.15) is 11.1 Å². The van der Waals surface area contributed by atoms with E-state index in [1.807, 2.05) is 25.2 Å². The predicted molar refractivity (Wildman–Crippen MR) is 77.6 cm³/mol. The first-order valence-electron chi connectivity index (χ1n) is 6.10. The molecular weight excluding hydrogens is 328 g/mol. The van der Waals surface area contributed by atoms with Gasteiger partial charge in [-0.1, -0.05) is 12.1 Å². The van der Waals surface area contributed by atoms with Crippen LogP contribution in [-0.4, -0.2) is 7.05 Å². The van der Waals surface area contributed by atoms with E-state index in [2.05, 4.69) is 21.2 Å². The average Bonchev–Trinajstić information content (AvgIpc) is 2.42. The molecule has 0 fully saturated rings. The Morgan fingerprint density at radius 1 is 1.05 bits per heavy atom. The second kappa shape index (κ2) is 6.81. The minimum absolute atomic E-state index is 0.182. The summed E-state index contributed by atoms with van der Waals surface area (Å²) in [6.45, 7) is 0.948. The first-order valence-corrected chi connectivity index (χ1v) is 6.89. The van der Waals surface area contributed by atoms with Gasteiger partial charge in [0.25, 0.3) is 0 Å². The molecule has 2 nitrogen and oxygen atoms in total. The molecule has 0 aliphatic carbocycles. The molecule has 0 radical (unpaired) electrons. The standard InChI is InChI=1S/C15H14BrF2NO/c1-19-8-10-3-5-15(12(16)6-10)20-9-11-2-4-13(17)14(18)7-11/h2-7,19H,8-9H2,1H3. The maximum Gasteiger partial charge on any atom is 0.159 e. The highest BCUT2D eigenvalue weighted by molar-refractivity contribution is 9.10. The van der Waals surface area contributed by atoms with E-state index < -0.39 is 11.6 Å². The summed E-state index contributed by atoms with van der Waals surface area (Å²) in [5.41, 5.74) is 1.70. The number of hydrogen-bond donors (Lipinski definition) is 1. The van der Waals surface area contributed by atoms with Crippen molar-refractivity contribution in [3.8, 4) is 5.75 Å². The molecule has 5 heteroatoms. The summed E-state index contributed by atoms with van der Waals surface area (Å²) < 4.78 is 32.3. The van der Waals surface area contributed by atoms with E-state index in [9.17, 15) is 8.78 Å². The lowest BCUT2D eigenvalue weighted by molar-refractivity contribution is 0.303. The van der Waals surface area contributed by atoms with Crippen LogP contribution >= 0.6 is 15.9 Å². The quantitative estimate of drug-likeness (QED) is 0.886. The SMILES string of the molecule is CNCc1ccc(OCc2ccc(F)c(F)c2)c(Br)c1. The van der Waals surface area contributed by atoms with Gasteiger partial charge in [0.05, 0.1) is 4.47 Å². The van der Waals surface area contributed by atoms with Crippen molar-refractivity contribution >= 4 is 15.9 Å². The molecule has 20 heavy (non-hydrogen) atoms. The summed E-state index contributed by atoms with van der Waals surface area (Å²) in [4.78, 5) is 0. The van der Waals surface area contributed by atoms with E-state index in [4.69, 9.17) is 4.74 Å². The molecule has 2 rings (SSSR count). The van der Waals surface area contributed by atoms with Gasteiger partial charge in [-0.05, 0) is 58.4 Å². The first-order chi connectivity index (χ1) is 9.60. The fourth-order valence-corrected chi connectivity index (χ4v) is 2.31. The van der Waals surface area contributed by atoms with Crippen LogP contribution in [-0.2, 0) is 13.2 Å². The van der Waals surface area contributed by atoms with E-state index in [0.717, 1.165) is 28.7 Å². The molecule has 0 amide bonds. The Kier molecular flexibility index (Phi) is 5.09. The van der Waals surface area contributed by atoms with Crippen LogP contribution in [0.2, 0.25) is 0 Å². The van der Waals surface area contributed by atoms with Crippen molar-refractivity contribution in [1.82, 2.24) is 5.32 Å². The number of halogens is 3. The number of hydrogen-bond acceptors (Lipinski definition) is 2. The molecule has 0 spiro atoms. The third-order valence-electron chi connectivity index (χ3n) is 2.76. The zero-order chi connectivity index (χ0) is 14.5. The van der Waals surface area contributed by atoms with Crippen LogP contribution in [0.3, 0.4) is 0 Å². The van der Waals surface area contributed by atoms with Crippen molar-refractivity contribution in [2.24, 2.45) is 0 Å². The zero-order valence-electron chi connectivity index (χ0n) is 10.9. The summed E-state index contributed by atoms with van der Waals surface area (Å²) >= 11 is 3.43. The van der Waals surface area contributed by atoms with Crippen molar-refractivity contribution in [2.75, 3.05) is 7.05 Å². The summed E-state index contributed by atoms with van der Waals surface area (Å²) in [6.07, 6.45) is 0. The number of benzene rings is 2. The number of rotatable bonds is 5. The summed E-state index contributed by atoms with van der Waals surface area (Å²) in [5.74, 6) is -1.06. The van der Waals surface area contributed by atoms with Gasteiger partial charge in [-0.3, -0.25) is 0 Å². The smallest absolute Gasteiger partial charge is 0.159 e. The first kappa shape index (κ1) is 14.9. The molecule has 0 atom stereocenters. The Balaban J connectivity index is 2.05. The molecule has 0 bridgehead atoms. The fraction of sp³-hybridized carbons (Fsp3) is 0.200. The van der Waals surface area contributed by atoms with Gasteiger partial charge in [0.2, 0.25) is 0 Å². The molecule has 0 aliphatic rings. The monoisotopic (exact) mass is 341 g/mol. The van der Waals surface area contributed by atoms with Crippen molar-refractivity contribution < 1.29 is 13.5 Å². The molecule has 0 heterocycles. The maximum atomic E-state index is 13.1. The number of nitrogens with one attached hydrogen (secondary N) is 1. The topological polar surface area (TPSA) is 21.3 Å². The molecule has 2 aromatic carbocycles. The summed E-state index contributed by atoms with van der Waals surface area (Å²) in [6, 6.07) is 9.48. The zero-order valence-corrected chi connectivity index (χ0v) is 12.5. The van der Waals surface area contributed by atoms with E-state index >= 15 is 0 Å². The lowest BCUT2D eigenvalue weighted by atomic mass is 10.2. The molecule has 1 N–H and O–H groups in total. The molecule has 0 saturated heterocycles. The van der Waals surface area contributed by atoms with Gasteiger partial charge in [-0.25, -0.2) is 8.78 Å². The van der Waals surface area contributed by atoms with Gasteiger partial charge in [0.15, 0.2) is 11.6 Å². The second-order valence-electron chi connectivity index (χ2n) is 4.33. The lowest BCUT2D eigenvalue weighted by Crippen LogP contribution is -2.05. The van der Waals surface area contributed by atoms with Gasteiger partial charge < -0.3 is 10.1 Å². The molecule has 0 unspecified atom stereocenters. The largest absolute Gasteiger partial charge is 0.488 e. The number of ether oxygens (including phenoxy) is 1. The van der Waals surface area contributed by atoms with Crippen molar-refractivity contribution in [3.63, 3.8) is 0 Å². The van der Waals surface area contributed by atoms with Crippen LogP contribution in [0.4, 0.5) is 8.78 Å². The van der Waals surface area contributed by atoms with Gasteiger partial charge in [0, 0.05) is 6.54 Å². The highest BCUT2D eigenvalue weighted by atomic mass is 79.9. The highest BCUT2D eigenvalue weighted by Gasteiger charge is 2.06. The second-order valence-corrected chi connectivity index (χ2v) is 5.19. The average molecular weight is 342 g/mol. The van der Waals surface area contributed by atoms with Crippen LogP contribution in [0.15, 0.2) is 40.9 Å². The Labute approximate surface area is 124 Å². The van der Waals surface area contributed by atoms with Gasteiger partial charge >= 0.3 is 0 Å². The maximum absolute atomic E-state index is 13.1. The van der Waals surface area contributed by atoms with E-state index in [1.165, 1.54) is 6.07 Å². The fourth-order valence-electron chi connectivity index (χ4n) is 1.77. The Bertz CT molecular complexity index is 604. The Hall–Kier alpha value is -1.46. The predicted octanol–water partition coefficient (Wildman–Crippen LogP) is 4.03. The van der Waals surface area contributed by atoms with Crippen molar-refractivity contribution in [1.29, 1.82) is 0 Å². The highest BCUT2D eigenvalue weighted by Crippen LogP contribution is 2.27. The van der Waals surface area contributed by atoms with Crippen molar-refractivity contribution in [3.05, 3.63) is 63.6 Å². The van der Waals surface area contributed by atoms with E-state index in [1.54, 1.807) is 0 Å². The molecule has 0 aromatic heterocycles. The Morgan fingerprint density at radius 3 is 2.45 bits per heavy atom. The Morgan fingerprint density at radius 2 is 1.80 bits per heavy atom. The third kappa shape index (κ3) is 3.77. The normalized spacial score (nSPS) is 10.6. The lowest BCUT2D eigenvalue weighted by Gasteiger charge is -2.10. The molecule has 106 valence electrons. The summed E-state index contributed by atoms with van der Waals surface area (Å²) in [7, 11) is 1.88. The van der Waals surface area contributed by atoms with Crippen LogP contribution in [0, 0.1) is 11.6 Å². The van der Waals surface area contributed by atoms with Crippen LogP contribution in [0.5, 0.6) is 5.75 Å². The molecule has 0 aliphatic heterocycles. The third-order valence-corrected chi connectivity index (χ3v) is 3.38. The molecule has 2 aromatic rings. The van der Waals surface area contributed by atoms with Gasteiger partial charge in [-0.15, -0.1) is 0 Å². The van der Waals surface area contributed by atoms with E-state index in [0.29, 0.717) is 11.3 Å². The van der Waals surface area contributed by atoms with E-state index in [-0.39, 0.29) is 6.61 Å². The van der Waals surface area contributed by atoms with Crippen LogP contribution in [0.25, 0.3) is 0 Å². The summed E-state index contributed by atoms with van der Waals surface area (Å²) in [5, 5.41) is 3.06. The van der Waals surface area contributed by atoms with Gasteiger partial charge in [-0.2, -0.15) is 0 Å². The minimum Gasteiger partial charge on any atom is -0.488 e. The van der Waals surface area contributed by atoms with Gasteiger partial charge in [0.1, 0.15) is 12.4 Å².